The van der Waals surface area contributed by atoms with Crippen molar-refractivity contribution in [3.05, 3.63) is 341 Å². The standard InChI is InChI=1S/C24H15N.2C23H14N2.C22H13N3/c1-3-9-18-16(7-1)13-14-21-23(18)20-11-5-6-12-22(20)25-15-17-8-2-4-10-19(17)24(21)25;1-3-8-17-15(6-1)11-12-19-21(17)22-20(10-5-13-24-22)25-14-16-7-2-4-9-18(16)23(19)25;1-3-8-17-15(6-1)11-12-19-21(17)20-10-5-13-24-23(20)25-14-16-7-2-4-9-18(16)22(19)25;1-3-7-16-14(5-1)9-10-18-19(16)20-22(24-12-11-23-20)25-13-15-6-2-4-8-17(15)21(18)25/h1-15H;2*1-14H;1-13H. The van der Waals surface area contributed by atoms with E-state index in [0.717, 1.165) is 27.8 Å². The molecule has 0 aliphatic heterocycles. The highest BCUT2D eigenvalue weighted by molar-refractivity contribution is 6.30. The predicted octanol–water partition coefficient (Wildman–Crippen LogP) is 23.8. The molecule has 8 heteroatoms. The molecule has 0 saturated heterocycles. The highest BCUT2D eigenvalue weighted by atomic mass is 15.0. The van der Waals surface area contributed by atoms with Crippen molar-refractivity contribution in [2.45, 2.75) is 0 Å². The molecule has 0 amide bonds. The van der Waals surface area contributed by atoms with Crippen molar-refractivity contribution in [2.75, 3.05) is 0 Å². The van der Waals surface area contributed by atoms with Crippen LogP contribution in [0.4, 0.5) is 0 Å². The molecule has 0 spiro atoms. The van der Waals surface area contributed by atoms with Crippen LogP contribution >= 0.6 is 0 Å². The monoisotopic (exact) mass is 1270 g/mol. The first-order chi connectivity index (χ1) is 49.7. The molecule has 24 aromatic rings. The molecule has 0 bridgehead atoms. The number of nitrogens with zero attached hydrogens (tertiary/aromatic N) is 8. The van der Waals surface area contributed by atoms with E-state index in [1.165, 1.54) is 168 Å². The van der Waals surface area contributed by atoms with Crippen molar-refractivity contribution >= 4 is 195 Å². The lowest BCUT2D eigenvalue weighted by Crippen LogP contribution is -1.94. The third-order valence-corrected chi connectivity index (χ3v) is 20.8. The Balaban J connectivity index is 0.0000000873. The van der Waals surface area contributed by atoms with Gasteiger partial charge >= 0.3 is 0 Å². The molecule has 11 aromatic heterocycles. The van der Waals surface area contributed by atoms with Crippen molar-refractivity contribution < 1.29 is 0 Å². The first-order valence-electron chi connectivity index (χ1n) is 34.0. The molecule has 0 radical (unpaired) electrons. The van der Waals surface area contributed by atoms with E-state index in [2.05, 4.69) is 326 Å². The van der Waals surface area contributed by atoms with Gasteiger partial charge in [0.05, 0.1) is 38.6 Å². The number of hydrogen-bond donors (Lipinski definition) is 0. The number of aromatic nitrogens is 8. The fraction of sp³-hybridized carbons (Fsp3) is 0. The third-order valence-electron chi connectivity index (χ3n) is 20.8. The smallest absolute Gasteiger partial charge is 0.163 e. The molecule has 0 unspecified atom stereocenters. The van der Waals surface area contributed by atoms with Crippen molar-refractivity contribution in [3.8, 4) is 0 Å². The van der Waals surface area contributed by atoms with Crippen LogP contribution in [0.2, 0.25) is 0 Å². The van der Waals surface area contributed by atoms with Crippen LogP contribution in [0.3, 0.4) is 0 Å². The van der Waals surface area contributed by atoms with Crippen LogP contribution in [0.25, 0.3) is 195 Å². The first kappa shape index (κ1) is 55.7. The Labute approximate surface area is 570 Å². The quantitative estimate of drug-likeness (QED) is 0.142. The Morgan fingerprint density at radius 1 is 0.170 bits per heavy atom. The van der Waals surface area contributed by atoms with Crippen LogP contribution in [-0.4, -0.2) is 37.5 Å². The highest BCUT2D eigenvalue weighted by Crippen LogP contribution is 2.43. The van der Waals surface area contributed by atoms with Crippen LogP contribution in [-0.2, 0) is 0 Å². The Kier molecular flexibility index (Phi) is 12.2. The Bertz CT molecular complexity index is 6660. The minimum absolute atomic E-state index is 0.901. The maximum Gasteiger partial charge on any atom is 0.163 e. The topological polar surface area (TPSA) is 69.2 Å². The first-order valence-corrected chi connectivity index (χ1v) is 34.0. The summed E-state index contributed by atoms with van der Waals surface area (Å²) in [6.45, 7) is 0. The predicted molar refractivity (Wildman–Crippen MR) is 421 cm³/mol. The summed E-state index contributed by atoms with van der Waals surface area (Å²) in [7, 11) is 0. The Hall–Kier alpha value is -13.6. The molecular formula is C92H56N8. The summed E-state index contributed by atoms with van der Waals surface area (Å²) in [5.41, 5.74) is 11.3. The lowest BCUT2D eigenvalue weighted by atomic mass is 9.97. The summed E-state index contributed by atoms with van der Waals surface area (Å²) in [6, 6.07) is 104. The summed E-state index contributed by atoms with van der Waals surface area (Å²) in [5.74, 6) is 0. The largest absolute Gasteiger partial charge is 0.315 e. The molecule has 0 aliphatic rings. The minimum atomic E-state index is 0.901. The van der Waals surface area contributed by atoms with Crippen LogP contribution in [0, 0.1) is 0 Å². The lowest BCUT2D eigenvalue weighted by molar-refractivity contribution is 1.18. The number of rotatable bonds is 0. The lowest BCUT2D eigenvalue weighted by Gasteiger charge is -2.12. The number of pyridine rings is 6. The van der Waals surface area contributed by atoms with E-state index in [0.29, 0.717) is 0 Å². The minimum Gasteiger partial charge on any atom is -0.315 e. The van der Waals surface area contributed by atoms with E-state index in [-0.39, 0.29) is 0 Å². The SMILES string of the molecule is c1ccc2c(c1)ccc1c2c2ccccc2n2cc3ccccc3c12.c1ccc2c(c1)ccc1c2c2cccnc2n2cc3ccccc3c12.c1ccc2c(c1)ccc1c2c2ncccc2n2cc3ccccc3c12.c1ccc2c(c1)ccc1c2c2nccnc2n2cc3ccccc3c12. The van der Waals surface area contributed by atoms with Crippen LogP contribution < -0.4 is 0 Å². The molecule has 0 fully saturated rings. The average Bonchev–Trinajstić information content (AvgIpc) is 1.47. The third kappa shape index (κ3) is 8.28. The van der Waals surface area contributed by atoms with E-state index < -0.39 is 0 Å². The van der Waals surface area contributed by atoms with Gasteiger partial charge in [0.15, 0.2) is 5.65 Å². The van der Waals surface area contributed by atoms with Crippen LogP contribution in [0.5, 0.6) is 0 Å². The van der Waals surface area contributed by atoms with Gasteiger partial charge in [-0.1, -0.05) is 261 Å². The summed E-state index contributed by atoms with van der Waals surface area (Å²) >= 11 is 0. The Morgan fingerprint density at radius 2 is 0.470 bits per heavy atom. The normalized spacial score (nSPS) is 12.0. The fourth-order valence-corrected chi connectivity index (χ4v) is 16.6. The molecular weight excluding hydrogens is 1220 g/mol. The second-order valence-corrected chi connectivity index (χ2v) is 26.1. The van der Waals surface area contributed by atoms with E-state index >= 15 is 0 Å². The highest BCUT2D eigenvalue weighted by Gasteiger charge is 2.20. The van der Waals surface area contributed by atoms with Crippen molar-refractivity contribution in [2.24, 2.45) is 0 Å². The molecule has 8 nitrogen and oxygen atoms in total. The zero-order valence-corrected chi connectivity index (χ0v) is 53.9. The van der Waals surface area contributed by atoms with Crippen LogP contribution in [0.15, 0.2) is 341 Å². The van der Waals surface area contributed by atoms with Crippen molar-refractivity contribution in [1.29, 1.82) is 0 Å². The zero-order chi connectivity index (χ0) is 65.5. The van der Waals surface area contributed by atoms with E-state index in [9.17, 15) is 0 Å². The molecule has 100 heavy (non-hydrogen) atoms. The number of para-hydroxylation sites is 1. The van der Waals surface area contributed by atoms with Gasteiger partial charge in [-0.3, -0.25) is 18.8 Å². The molecule has 0 N–H and O–H groups in total. The van der Waals surface area contributed by atoms with Gasteiger partial charge in [-0.05, 0) is 73.4 Å². The number of fused-ring (bicyclic) bond motifs is 40. The zero-order valence-electron chi connectivity index (χ0n) is 53.9. The summed E-state index contributed by atoms with van der Waals surface area (Å²) < 4.78 is 9.09. The van der Waals surface area contributed by atoms with Crippen molar-refractivity contribution in [1.82, 2.24) is 37.5 Å². The summed E-state index contributed by atoms with van der Waals surface area (Å²) in [6.07, 6.45) is 16.2. The molecule has 0 atom stereocenters. The van der Waals surface area contributed by atoms with Gasteiger partial charge in [0.25, 0.3) is 0 Å². The van der Waals surface area contributed by atoms with Gasteiger partial charge < -0.3 is 8.80 Å². The molecule has 13 aromatic carbocycles. The molecule has 11 heterocycles. The van der Waals surface area contributed by atoms with Gasteiger partial charge in [-0.2, -0.15) is 0 Å². The second-order valence-electron chi connectivity index (χ2n) is 26.1. The van der Waals surface area contributed by atoms with Gasteiger partial charge in [0.2, 0.25) is 0 Å². The van der Waals surface area contributed by atoms with E-state index in [1.807, 2.05) is 24.5 Å². The summed E-state index contributed by atoms with van der Waals surface area (Å²) in [4.78, 5) is 18.8. The van der Waals surface area contributed by atoms with E-state index in [4.69, 9.17) is 15.0 Å². The maximum atomic E-state index is 4.76. The average molecular weight is 1270 g/mol. The summed E-state index contributed by atoms with van der Waals surface area (Å²) in [5, 5.41) is 32.9. The van der Waals surface area contributed by atoms with Crippen LogP contribution in [0.1, 0.15) is 0 Å². The van der Waals surface area contributed by atoms with Crippen molar-refractivity contribution in [3.63, 3.8) is 0 Å². The maximum absolute atomic E-state index is 4.76. The second kappa shape index (κ2) is 22.0. The van der Waals surface area contributed by atoms with Gasteiger partial charge in [-0.25, -0.2) is 9.97 Å². The molecule has 464 valence electrons. The number of benzene rings is 13. The Morgan fingerprint density at radius 3 is 0.970 bits per heavy atom. The fourth-order valence-electron chi connectivity index (χ4n) is 16.6. The molecule has 0 saturated carbocycles. The molecule has 24 rings (SSSR count). The molecule has 0 aliphatic carbocycles. The van der Waals surface area contributed by atoms with Gasteiger partial charge in [0.1, 0.15) is 11.2 Å². The van der Waals surface area contributed by atoms with Gasteiger partial charge in [0, 0.05) is 147 Å². The number of hydrogen-bond acceptors (Lipinski definition) is 4. The van der Waals surface area contributed by atoms with E-state index in [1.54, 1.807) is 12.4 Å². The van der Waals surface area contributed by atoms with Gasteiger partial charge in [-0.15, -0.1) is 0 Å².